The van der Waals surface area contributed by atoms with Crippen LogP contribution in [-0.4, -0.2) is 56.5 Å². The maximum atomic E-state index is 12.2. The van der Waals surface area contributed by atoms with E-state index in [1.807, 2.05) is 0 Å². The number of hydrogen-bond acceptors (Lipinski definition) is 6. The van der Waals surface area contributed by atoms with Gasteiger partial charge < -0.3 is 10.1 Å². The summed E-state index contributed by atoms with van der Waals surface area (Å²) in [5.41, 5.74) is 0. The Balaban J connectivity index is 1.96. The molecule has 1 aromatic carbocycles. The fraction of sp³-hybridized carbons (Fsp3) is 0.400. The van der Waals surface area contributed by atoms with Crippen molar-refractivity contribution < 1.29 is 27.5 Å². The molecular formula is C15H19N3O6S. The lowest BCUT2D eigenvalue weighted by atomic mass is 10.3. The van der Waals surface area contributed by atoms with Crippen molar-refractivity contribution in [3.8, 4) is 0 Å². The fourth-order valence-electron chi connectivity index (χ4n) is 2.18. The van der Waals surface area contributed by atoms with Crippen molar-refractivity contribution in [3.63, 3.8) is 0 Å². The molecule has 0 radical (unpaired) electrons. The number of carbonyl (C=O) groups is 3. The molecule has 1 saturated heterocycles. The zero-order valence-corrected chi connectivity index (χ0v) is 14.6. The standard InChI is InChI=1S/C15H19N3O6S/c1-10(17-25(22,23)12-6-4-3-5-7-12)14(20)24-11(2)13(19)18-9-8-16-15(18)21/h3-7,10-11,17H,8-9H2,1-2H3,(H,16,21)/t10-,11?/m0/s1. The summed E-state index contributed by atoms with van der Waals surface area (Å²) in [6.07, 6.45) is -1.21. The van der Waals surface area contributed by atoms with E-state index >= 15 is 0 Å². The smallest absolute Gasteiger partial charge is 0.324 e. The van der Waals surface area contributed by atoms with Gasteiger partial charge in [-0.3, -0.25) is 14.5 Å². The van der Waals surface area contributed by atoms with Crippen LogP contribution in [0, 0.1) is 0 Å². The van der Waals surface area contributed by atoms with Crippen molar-refractivity contribution in [2.45, 2.75) is 30.9 Å². The molecule has 25 heavy (non-hydrogen) atoms. The summed E-state index contributed by atoms with van der Waals surface area (Å²) >= 11 is 0. The van der Waals surface area contributed by atoms with Crippen LogP contribution in [0.4, 0.5) is 4.79 Å². The molecule has 2 atom stereocenters. The Kier molecular flexibility index (Phi) is 5.75. The lowest BCUT2D eigenvalue weighted by Gasteiger charge is -2.20. The maximum absolute atomic E-state index is 12.2. The fourth-order valence-corrected chi connectivity index (χ4v) is 3.39. The Labute approximate surface area is 145 Å². The van der Waals surface area contributed by atoms with Crippen molar-refractivity contribution in [1.82, 2.24) is 14.9 Å². The van der Waals surface area contributed by atoms with Gasteiger partial charge in [0.25, 0.3) is 5.91 Å². The molecule has 0 aromatic heterocycles. The third kappa shape index (κ3) is 4.54. The van der Waals surface area contributed by atoms with Gasteiger partial charge in [-0.2, -0.15) is 4.72 Å². The predicted octanol–water partition coefficient (Wildman–Crippen LogP) is -0.163. The highest BCUT2D eigenvalue weighted by Gasteiger charge is 2.33. The van der Waals surface area contributed by atoms with Crippen LogP contribution in [0.5, 0.6) is 0 Å². The van der Waals surface area contributed by atoms with Crippen LogP contribution in [0.15, 0.2) is 35.2 Å². The van der Waals surface area contributed by atoms with Crippen LogP contribution in [0.25, 0.3) is 0 Å². The van der Waals surface area contributed by atoms with Crippen LogP contribution in [-0.2, 0) is 24.3 Å². The van der Waals surface area contributed by atoms with Crippen molar-refractivity contribution in [1.29, 1.82) is 0 Å². The number of esters is 1. The Hall–Kier alpha value is -2.46. The summed E-state index contributed by atoms with van der Waals surface area (Å²) < 4.78 is 31.5. The van der Waals surface area contributed by atoms with E-state index in [0.29, 0.717) is 6.54 Å². The van der Waals surface area contributed by atoms with Crippen LogP contribution in [0.2, 0.25) is 0 Å². The molecule has 1 aliphatic heterocycles. The number of urea groups is 1. The molecule has 0 saturated carbocycles. The molecule has 1 aliphatic rings. The third-order valence-corrected chi connectivity index (χ3v) is 5.06. The largest absolute Gasteiger partial charge is 0.451 e. The number of amides is 3. The SMILES string of the molecule is CC(OC(=O)[C@H](C)NS(=O)(=O)c1ccccc1)C(=O)N1CCNC1=O. The van der Waals surface area contributed by atoms with Gasteiger partial charge in [-0.25, -0.2) is 13.2 Å². The van der Waals surface area contributed by atoms with E-state index in [9.17, 15) is 22.8 Å². The van der Waals surface area contributed by atoms with Gasteiger partial charge in [0, 0.05) is 13.1 Å². The van der Waals surface area contributed by atoms with Crippen LogP contribution < -0.4 is 10.0 Å². The second-order valence-corrected chi connectivity index (χ2v) is 7.17. The van der Waals surface area contributed by atoms with E-state index in [2.05, 4.69) is 10.0 Å². The number of rotatable bonds is 6. The second-order valence-electron chi connectivity index (χ2n) is 5.46. The molecule has 136 valence electrons. The number of nitrogens with zero attached hydrogens (tertiary/aromatic N) is 1. The second kappa shape index (κ2) is 7.62. The monoisotopic (exact) mass is 369 g/mol. The topological polar surface area (TPSA) is 122 Å². The number of hydrogen-bond donors (Lipinski definition) is 2. The lowest BCUT2D eigenvalue weighted by Crippen LogP contribution is -2.45. The summed E-state index contributed by atoms with van der Waals surface area (Å²) in [7, 11) is -3.90. The Morgan fingerprint density at radius 2 is 1.88 bits per heavy atom. The van der Waals surface area contributed by atoms with Crippen molar-refractivity contribution >= 4 is 27.9 Å². The van der Waals surface area contributed by atoms with Gasteiger partial charge in [-0.05, 0) is 26.0 Å². The molecular weight excluding hydrogens is 350 g/mol. The highest BCUT2D eigenvalue weighted by Crippen LogP contribution is 2.10. The average Bonchev–Trinajstić information content (AvgIpc) is 3.00. The van der Waals surface area contributed by atoms with Crippen molar-refractivity contribution in [2.75, 3.05) is 13.1 Å². The molecule has 9 nitrogen and oxygen atoms in total. The van der Waals surface area contributed by atoms with E-state index in [4.69, 9.17) is 4.74 Å². The van der Waals surface area contributed by atoms with Gasteiger partial charge in [0.1, 0.15) is 6.04 Å². The van der Waals surface area contributed by atoms with E-state index in [0.717, 1.165) is 4.90 Å². The third-order valence-electron chi connectivity index (χ3n) is 3.50. The summed E-state index contributed by atoms with van der Waals surface area (Å²) in [4.78, 5) is 36.5. The molecule has 10 heteroatoms. The Morgan fingerprint density at radius 1 is 1.24 bits per heavy atom. The average molecular weight is 369 g/mol. The van der Waals surface area contributed by atoms with Gasteiger partial charge in [0.2, 0.25) is 10.0 Å². The maximum Gasteiger partial charge on any atom is 0.324 e. The normalized spacial score (nSPS) is 16.9. The van der Waals surface area contributed by atoms with E-state index < -0.39 is 40.1 Å². The number of carbonyl (C=O) groups excluding carboxylic acids is 3. The predicted molar refractivity (Wildman–Crippen MR) is 86.9 cm³/mol. The van der Waals surface area contributed by atoms with Gasteiger partial charge in [0.05, 0.1) is 4.90 Å². The number of sulfonamides is 1. The molecule has 0 aliphatic carbocycles. The van der Waals surface area contributed by atoms with E-state index in [1.54, 1.807) is 18.2 Å². The number of benzene rings is 1. The molecule has 2 rings (SSSR count). The van der Waals surface area contributed by atoms with Crippen molar-refractivity contribution in [3.05, 3.63) is 30.3 Å². The molecule has 1 fully saturated rings. The van der Waals surface area contributed by atoms with Gasteiger partial charge in [0.15, 0.2) is 6.10 Å². The first-order chi connectivity index (χ1) is 11.7. The van der Waals surface area contributed by atoms with Gasteiger partial charge >= 0.3 is 12.0 Å². The van der Waals surface area contributed by atoms with E-state index in [-0.39, 0.29) is 11.4 Å². The number of ether oxygens (including phenoxy) is 1. The molecule has 1 heterocycles. The highest BCUT2D eigenvalue weighted by molar-refractivity contribution is 7.89. The first-order valence-electron chi connectivity index (χ1n) is 7.59. The minimum absolute atomic E-state index is 0.00696. The summed E-state index contributed by atoms with van der Waals surface area (Å²) in [6.45, 7) is 3.15. The first-order valence-corrected chi connectivity index (χ1v) is 9.08. The summed E-state index contributed by atoms with van der Waals surface area (Å²) in [6, 6.07) is 5.80. The summed E-state index contributed by atoms with van der Waals surface area (Å²) in [5, 5.41) is 2.46. The zero-order valence-electron chi connectivity index (χ0n) is 13.8. The zero-order chi connectivity index (χ0) is 18.6. The first kappa shape index (κ1) is 18.9. The van der Waals surface area contributed by atoms with Crippen LogP contribution in [0.1, 0.15) is 13.8 Å². The minimum atomic E-state index is -3.90. The molecule has 0 spiro atoms. The lowest BCUT2D eigenvalue weighted by molar-refractivity contribution is -0.158. The molecule has 2 N–H and O–H groups in total. The molecule has 0 bridgehead atoms. The molecule has 1 aromatic rings. The minimum Gasteiger partial charge on any atom is -0.451 e. The Bertz CT molecular complexity index is 765. The van der Waals surface area contributed by atoms with E-state index in [1.165, 1.54) is 26.0 Å². The van der Waals surface area contributed by atoms with Gasteiger partial charge in [-0.1, -0.05) is 18.2 Å². The highest BCUT2D eigenvalue weighted by atomic mass is 32.2. The Morgan fingerprint density at radius 3 is 2.44 bits per heavy atom. The van der Waals surface area contributed by atoms with Gasteiger partial charge in [-0.15, -0.1) is 0 Å². The quantitative estimate of drug-likeness (QED) is 0.672. The molecule has 1 unspecified atom stereocenters. The number of nitrogens with one attached hydrogen (secondary N) is 2. The van der Waals surface area contributed by atoms with Crippen LogP contribution >= 0.6 is 0 Å². The van der Waals surface area contributed by atoms with Crippen LogP contribution in [0.3, 0.4) is 0 Å². The summed E-state index contributed by atoms with van der Waals surface area (Å²) in [5.74, 6) is -1.58. The van der Waals surface area contributed by atoms with Crippen molar-refractivity contribution in [2.24, 2.45) is 0 Å². The molecule has 3 amide bonds. The number of imide groups is 1.